The van der Waals surface area contributed by atoms with Gasteiger partial charge in [-0.3, -0.25) is 9.59 Å². The number of carbonyl (C=O) groups is 2. The Balaban J connectivity index is 1.79. The summed E-state index contributed by atoms with van der Waals surface area (Å²) in [7, 11) is 0. The molecule has 0 aliphatic carbocycles. The van der Waals surface area contributed by atoms with Crippen LogP contribution in [0.5, 0.6) is 5.75 Å². The Morgan fingerprint density at radius 2 is 1.76 bits per heavy atom. The van der Waals surface area contributed by atoms with E-state index in [1.54, 1.807) is 17.0 Å². The third-order valence-electron chi connectivity index (χ3n) is 4.99. The monoisotopic (exact) mass is 390 g/mol. The van der Waals surface area contributed by atoms with Crippen molar-refractivity contribution in [3.63, 3.8) is 0 Å². The maximum absolute atomic E-state index is 13.4. The van der Waals surface area contributed by atoms with Crippen LogP contribution in [0, 0.1) is 6.92 Å². The number of benzene rings is 2. The third-order valence-corrected chi connectivity index (χ3v) is 4.99. The summed E-state index contributed by atoms with van der Waals surface area (Å²) in [5.41, 5.74) is 9.25. The normalized spacial score (nSPS) is 13.3. The number of hydrogen-bond donors (Lipinski definition) is 1. The Kier molecular flexibility index (Phi) is 4.80. The minimum absolute atomic E-state index is 0.144. The van der Waals surface area contributed by atoms with Crippen LogP contribution in [0.4, 0.5) is 5.69 Å². The first-order chi connectivity index (χ1) is 14.0. The van der Waals surface area contributed by atoms with Crippen molar-refractivity contribution in [3.05, 3.63) is 71.0 Å². The molecule has 0 saturated carbocycles. The molecule has 7 heteroatoms. The largest absolute Gasteiger partial charge is 0.494 e. The van der Waals surface area contributed by atoms with Gasteiger partial charge in [-0.05, 0) is 56.7 Å². The molecule has 3 aromatic rings. The summed E-state index contributed by atoms with van der Waals surface area (Å²) in [6.07, 6.45) is 0.504. The highest BCUT2D eigenvalue weighted by Crippen LogP contribution is 2.29. The number of aromatic nitrogens is 2. The molecule has 2 amide bonds. The van der Waals surface area contributed by atoms with Crippen molar-refractivity contribution in [1.82, 2.24) is 9.78 Å². The van der Waals surface area contributed by atoms with Gasteiger partial charge in [0.05, 0.1) is 12.3 Å². The molecule has 0 spiro atoms. The molecule has 2 aromatic carbocycles. The van der Waals surface area contributed by atoms with Crippen molar-refractivity contribution < 1.29 is 14.3 Å². The second kappa shape index (κ2) is 7.43. The highest BCUT2D eigenvalue weighted by molar-refractivity contribution is 6.09. The van der Waals surface area contributed by atoms with Crippen molar-refractivity contribution in [2.45, 2.75) is 20.3 Å². The lowest BCUT2D eigenvalue weighted by atomic mass is 10.0. The van der Waals surface area contributed by atoms with Crippen LogP contribution in [-0.4, -0.2) is 34.7 Å². The molecule has 0 bridgehead atoms. The van der Waals surface area contributed by atoms with E-state index in [0.717, 1.165) is 17.0 Å². The number of primary amides is 1. The van der Waals surface area contributed by atoms with Gasteiger partial charge in [-0.2, -0.15) is 5.10 Å². The Labute approximate surface area is 168 Å². The van der Waals surface area contributed by atoms with Crippen molar-refractivity contribution in [2.75, 3.05) is 18.1 Å². The molecule has 7 nitrogen and oxygen atoms in total. The highest BCUT2D eigenvalue weighted by Gasteiger charge is 2.34. The standard InChI is InChI=1S/C22H22N4O3/c1-3-29-17-10-8-16(9-11-17)26-20-18(19(24-26)21(23)27)12-13-25(22(20)28)15-6-4-14(2)5-7-15/h4-11H,3,12-13H2,1-2H3,(H2,23,27). The number of hydrogen-bond acceptors (Lipinski definition) is 4. The average Bonchev–Trinajstić information content (AvgIpc) is 3.11. The topological polar surface area (TPSA) is 90.5 Å². The van der Waals surface area contributed by atoms with Gasteiger partial charge < -0.3 is 15.4 Å². The summed E-state index contributed by atoms with van der Waals surface area (Å²) >= 11 is 0. The van der Waals surface area contributed by atoms with Gasteiger partial charge in [-0.15, -0.1) is 0 Å². The highest BCUT2D eigenvalue weighted by atomic mass is 16.5. The van der Waals surface area contributed by atoms with Crippen molar-refractivity contribution >= 4 is 17.5 Å². The molecule has 1 aromatic heterocycles. The summed E-state index contributed by atoms with van der Waals surface area (Å²) < 4.78 is 6.99. The van der Waals surface area contributed by atoms with Crippen LogP contribution in [0.25, 0.3) is 5.69 Å². The lowest BCUT2D eigenvalue weighted by Crippen LogP contribution is -2.39. The number of nitrogens with zero attached hydrogens (tertiary/aromatic N) is 3. The van der Waals surface area contributed by atoms with Crippen LogP contribution in [0.2, 0.25) is 0 Å². The number of nitrogens with two attached hydrogens (primary N) is 1. The second-order valence-corrected chi connectivity index (χ2v) is 6.92. The summed E-state index contributed by atoms with van der Waals surface area (Å²) in [5, 5.41) is 4.38. The Morgan fingerprint density at radius 3 is 2.38 bits per heavy atom. The van der Waals surface area contributed by atoms with E-state index in [1.165, 1.54) is 4.68 Å². The quantitative estimate of drug-likeness (QED) is 0.725. The molecule has 0 fully saturated rings. The van der Waals surface area contributed by atoms with Crippen LogP contribution < -0.4 is 15.4 Å². The lowest BCUT2D eigenvalue weighted by molar-refractivity contribution is 0.0972. The van der Waals surface area contributed by atoms with Gasteiger partial charge in [0.2, 0.25) is 0 Å². The number of fused-ring (bicyclic) bond motifs is 1. The van der Waals surface area contributed by atoms with Crippen LogP contribution in [0.1, 0.15) is 39.0 Å². The molecule has 4 rings (SSSR count). The predicted molar refractivity (Wildman–Crippen MR) is 110 cm³/mol. The summed E-state index contributed by atoms with van der Waals surface area (Å²) in [5.74, 6) is -0.119. The maximum Gasteiger partial charge on any atom is 0.277 e. The van der Waals surface area contributed by atoms with Gasteiger partial charge >= 0.3 is 0 Å². The van der Waals surface area contributed by atoms with E-state index in [-0.39, 0.29) is 11.6 Å². The van der Waals surface area contributed by atoms with Gasteiger partial charge in [0.1, 0.15) is 11.4 Å². The number of ether oxygens (including phenoxy) is 1. The number of rotatable bonds is 5. The minimum Gasteiger partial charge on any atom is -0.494 e. The molecule has 29 heavy (non-hydrogen) atoms. The summed E-state index contributed by atoms with van der Waals surface area (Å²) in [6, 6.07) is 15.0. The fourth-order valence-corrected chi connectivity index (χ4v) is 3.57. The molecule has 0 atom stereocenters. The third kappa shape index (κ3) is 3.35. The molecule has 0 saturated heterocycles. The van der Waals surface area contributed by atoms with Gasteiger partial charge in [0, 0.05) is 17.8 Å². The first-order valence-electron chi connectivity index (χ1n) is 9.53. The fraction of sp³-hybridized carbons (Fsp3) is 0.227. The maximum atomic E-state index is 13.4. The van der Waals surface area contributed by atoms with E-state index in [9.17, 15) is 9.59 Å². The minimum atomic E-state index is -0.637. The van der Waals surface area contributed by atoms with E-state index in [0.29, 0.717) is 36.5 Å². The van der Waals surface area contributed by atoms with E-state index < -0.39 is 5.91 Å². The molecular formula is C22H22N4O3. The zero-order valence-corrected chi connectivity index (χ0v) is 16.4. The van der Waals surface area contributed by atoms with Crippen LogP contribution in [0.15, 0.2) is 48.5 Å². The molecule has 2 heterocycles. The lowest BCUT2D eigenvalue weighted by Gasteiger charge is -2.27. The average molecular weight is 390 g/mol. The zero-order chi connectivity index (χ0) is 20.5. The molecule has 1 aliphatic heterocycles. The van der Waals surface area contributed by atoms with Crippen LogP contribution in [-0.2, 0) is 6.42 Å². The smallest absolute Gasteiger partial charge is 0.277 e. The number of aryl methyl sites for hydroxylation is 1. The first kappa shape index (κ1) is 18.7. The number of carbonyl (C=O) groups excluding carboxylic acids is 2. The van der Waals surface area contributed by atoms with Crippen molar-refractivity contribution in [1.29, 1.82) is 0 Å². The van der Waals surface area contributed by atoms with Crippen LogP contribution >= 0.6 is 0 Å². The number of amides is 2. The summed E-state index contributed by atoms with van der Waals surface area (Å²) in [6.45, 7) is 4.94. The molecule has 2 N–H and O–H groups in total. The van der Waals surface area contributed by atoms with Crippen LogP contribution in [0.3, 0.4) is 0 Å². The first-order valence-corrected chi connectivity index (χ1v) is 9.53. The van der Waals surface area contributed by atoms with Gasteiger partial charge in [0.15, 0.2) is 5.69 Å². The molecule has 0 radical (unpaired) electrons. The van der Waals surface area contributed by atoms with E-state index in [4.69, 9.17) is 10.5 Å². The summed E-state index contributed by atoms with van der Waals surface area (Å²) in [4.78, 5) is 27.1. The van der Waals surface area contributed by atoms with E-state index >= 15 is 0 Å². The van der Waals surface area contributed by atoms with E-state index in [2.05, 4.69) is 5.10 Å². The van der Waals surface area contributed by atoms with Crippen molar-refractivity contribution in [3.8, 4) is 11.4 Å². The SMILES string of the molecule is CCOc1ccc(-n2nc(C(N)=O)c3c2C(=O)N(c2ccc(C)cc2)CC3)cc1. The predicted octanol–water partition coefficient (Wildman–Crippen LogP) is 2.88. The Hall–Kier alpha value is -3.61. The Morgan fingerprint density at radius 1 is 1.10 bits per heavy atom. The zero-order valence-electron chi connectivity index (χ0n) is 16.4. The van der Waals surface area contributed by atoms with Gasteiger partial charge in [0.25, 0.3) is 11.8 Å². The molecular weight excluding hydrogens is 368 g/mol. The second-order valence-electron chi connectivity index (χ2n) is 6.92. The Bertz CT molecular complexity index is 1070. The molecule has 1 aliphatic rings. The van der Waals surface area contributed by atoms with Gasteiger partial charge in [-0.1, -0.05) is 17.7 Å². The molecule has 0 unspecified atom stereocenters. The fourth-order valence-electron chi connectivity index (χ4n) is 3.57. The number of anilines is 1. The van der Waals surface area contributed by atoms with Gasteiger partial charge in [-0.25, -0.2) is 4.68 Å². The molecule has 148 valence electrons. The van der Waals surface area contributed by atoms with Crippen molar-refractivity contribution in [2.24, 2.45) is 5.73 Å². The van der Waals surface area contributed by atoms with E-state index in [1.807, 2.05) is 50.2 Å².